The van der Waals surface area contributed by atoms with Crippen LogP contribution >= 0.6 is 0 Å². The van der Waals surface area contributed by atoms with E-state index >= 15 is 0 Å². The molecule has 26 heavy (non-hydrogen) atoms. The third-order valence-corrected chi connectivity index (χ3v) is 4.01. The number of nitrogens with zero attached hydrogens (tertiary/aromatic N) is 2. The van der Waals surface area contributed by atoms with Crippen molar-refractivity contribution in [1.82, 2.24) is 9.97 Å². The fraction of sp³-hybridized carbons (Fsp3) is 0.158. The Morgan fingerprint density at radius 2 is 1.65 bits per heavy atom. The molecule has 1 heterocycles. The Balaban J connectivity index is 1.71. The number of hydrogen-bond donors (Lipinski definition) is 2. The van der Waals surface area contributed by atoms with Crippen molar-refractivity contribution in [3.8, 4) is 11.3 Å². The van der Waals surface area contributed by atoms with Crippen LogP contribution in [0, 0.1) is 17.5 Å². The monoisotopic (exact) mass is 356 g/mol. The van der Waals surface area contributed by atoms with Gasteiger partial charge in [0.1, 0.15) is 5.82 Å². The van der Waals surface area contributed by atoms with Crippen LogP contribution in [0.2, 0.25) is 0 Å². The Labute approximate surface area is 148 Å². The highest BCUT2D eigenvalue weighted by Gasteiger charge is 2.22. The van der Waals surface area contributed by atoms with Gasteiger partial charge in [-0.25, -0.2) is 18.2 Å². The molecule has 1 aromatic heterocycles. The average molecular weight is 356 g/mol. The van der Waals surface area contributed by atoms with Crippen LogP contribution in [0.1, 0.15) is 12.8 Å². The molecular weight excluding hydrogens is 341 g/mol. The maximum absolute atomic E-state index is 13.9. The first kappa shape index (κ1) is 16.4. The van der Waals surface area contributed by atoms with Crippen molar-refractivity contribution < 1.29 is 13.2 Å². The van der Waals surface area contributed by atoms with Gasteiger partial charge in [-0.3, -0.25) is 0 Å². The fourth-order valence-electron chi connectivity index (χ4n) is 2.51. The van der Waals surface area contributed by atoms with E-state index in [2.05, 4.69) is 20.6 Å². The molecule has 0 saturated heterocycles. The first-order valence-electron chi connectivity index (χ1n) is 8.22. The van der Waals surface area contributed by atoms with E-state index in [1.807, 2.05) is 30.3 Å². The van der Waals surface area contributed by atoms with Gasteiger partial charge in [-0.1, -0.05) is 30.3 Å². The van der Waals surface area contributed by atoms with E-state index in [1.165, 1.54) is 0 Å². The zero-order chi connectivity index (χ0) is 18.1. The highest BCUT2D eigenvalue weighted by Crippen LogP contribution is 2.28. The normalized spacial score (nSPS) is 13.5. The van der Waals surface area contributed by atoms with E-state index in [4.69, 9.17) is 0 Å². The predicted molar refractivity (Wildman–Crippen MR) is 93.7 cm³/mol. The maximum Gasteiger partial charge on any atom is 0.229 e. The van der Waals surface area contributed by atoms with E-state index in [1.54, 1.807) is 6.07 Å². The molecule has 2 N–H and O–H groups in total. The molecule has 1 saturated carbocycles. The molecule has 1 aliphatic rings. The second kappa shape index (κ2) is 6.67. The lowest BCUT2D eigenvalue weighted by atomic mass is 10.1. The number of anilines is 3. The molecule has 2 aromatic carbocycles. The summed E-state index contributed by atoms with van der Waals surface area (Å²) in [5.74, 6) is -3.41. The summed E-state index contributed by atoms with van der Waals surface area (Å²) >= 11 is 0. The summed E-state index contributed by atoms with van der Waals surface area (Å²) < 4.78 is 40.5. The first-order valence-corrected chi connectivity index (χ1v) is 8.22. The lowest BCUT2D eigenvalue weighted by Crippen LogP contribution is -2.08. The molecule has 1 fully saturated rings. The maximum atomic E-state index is 13.9. The van der Waals surface area contributed by atoms with Crippen LogP contribution in [-0.4, -0.2) is 16.0 Å². The quantitative estimate of drug-likeness (QED) is 0.640. The zero-order valence-corrected chi connectivity index (χ0v) is 13.6. The van der Waals surface area contributed by atoms with Crippen LogP contribution in [0.4, 0.5) is 30.6 Å². The Bertz CT molecular complexity index is 943. The number of halogens is 3. The van der Waals surface area contributed by atoms with Crippen molar-refractivity contribution in [2.45, 2.75) is 18.9 Å². The average Bonchev–Trinajstić information content (AvgIpc) is 3.47. The van der Waals surface area contributed by atoms with Gasteiger partial charge in [-0.15, -0.1) is 0 Å². The third-order valence-electron chi connectivity index (χ3n) is 4.01. The van der Waals surface area contributed by atoms with Gasteiger partial charge >= 0.3 is 0 Å². The summed E-state index contributed by atoms with van der Waals surface area (Å²) in [4.78, 5) is 8.69. The molecule has 0 unspecified atom stereocenters. The Morgan fingerprint density at radius 1 is 0.885 bits per heavy atom. The van der Waals surface area contributed by atoms with Crippen molar-refractivity contribution in [3.63, 3.8) is 0 Å². The highest BCUT2D eigenvalue weighted by atomic mass is 19.2. The van der Waals surface area contributed by atoms with Gasteiger partial charge in [0.25, 0.3) is 0 Å². The molecule has 7 heteroatoms. The van der Waals surface area contributed by atoms with Gasteiger partial charge in [0.2, 0.25) is 5.95 Å². The number of nitrogens with one attached hydrogen (secondary N) is 2. The molecule has 4 nitrogen and oxygen atoms in total. The van der Waals surface area contributed by atoms with E-state index in [9.17, 15) is 13.2 Å². The van der Waals surface area contributed by atoms with E-state index in [-0.39, 0.29) is 11.6 Å². The summed E-state index contributed by atoms with van der Waals surface area (Å²) in [6.45, 7) is 0. The van der Waals surface area contributed by atoms with Crippen LogP contribution < -0.4 is 10.6 Å². The fourth-order valence-corrected chi connectivity index (χ4v) is 2.51. The molecule has 0 atom stereocenters. The van der Waals surface area contributed by atoms with E-state index in [0.717, 1.165) is 30.5 Å². The number of benzene rings is 2. The summed E-state index contributed by atoms with van der Waals surface area (Å²) in [7, 11) is 0. The minimum Gasteiger partial charge on any atom is -0.367 e. The summed E-state index contributed by atoms with van der Waals surface area (Å²) in [5, 5.41) is 5.91. The molecular formula is C19H15F3N4. The van der Waals surface area contributed by atoms with Crippen LogP contribution in [0.15, 0.2) is 48.5 Å². The van der Waals surface area contributed by atoms with Crippen molar-refractivity contribution in [2.75, 3.05) is 10.6 Å². The lowest BCUT2D eigenvalue weighted by molar-refractivity contribution is 0.449. The van der Waals surface area contributed by atoms with Crippen LogP contribution in [-0.2, 0) is 0 Å². The summed E-state index contributed by atoms with van der Waals surface area (Å²) in [6.07, 6.45) is 2.12. The van der Waals surface area contributed by atoms with Gasteiger partial charge < -0.3 is 10.6 Å². The van der Waals surface area contributed by atoms with E-state index in [0.29, 0.717) is 17.6 Å². The van der Waals surface area contributed by atoms with Gasteiger partial charge in [0.05, 0.1) is 11.4 Å². The molecule has 0 bridgehead atoms. The second-order valence-corrected chi connectivity index (χ2v) is 6.09. The Morgan fingerprint density at radius 3 is 2.38 bits per heavy atom. The Kier molecular flexibility index (Phi) is 4.20. The molecule has 3 aromatic rings. The Hall–Kier alpha value is -3.09. The lowest BCUT2D eigenvalue weighted by Gasteiger charge is -2.12. The van der Waals surface area contributed by atoms with Crippen LogP contribution in [0.25, 0.3) is 11.3 Å². The predicted octanol–water partition coefficient (Wildman–Crippen LogP) is 4.88. The molecule has 0 amide bonds. The molecule has 132 valence electrons. The first-order chi connectivity index (χ1) is 12.6. The zero-order valence-electron chi connectivity index (χ0n) is 13.6. The largest absolute Gasteiger partial charge is 0.367 e. The van der Waals surface area contributed by atoms with Crippen LogP contribution in [0.3, 0.4) is 0 Å². The minimum atomic E-state index is -1.54. The topological polar surface area (TPSA) is 49.8 Å². The van der Waals surface area contributed by atoms with Crippen molar-refractivity contribution in [2.24, 2.45) is 0 Å². The molecule has 0 aliphatic heterocycles. The standard InChI is InChI=1S/C19H15F3N4/c20-13-8-9-14(18(22)17(13)21)24-19-25-15(11-4-2-1-3-5-11)10-16(26-19)23-12-6-7-12/h1-5,8-10,12H,6-7H2,(H2,23,24,25,26). The molecule has 0 spiro atoms. The SMILES string of the molecule is Fc1ccc(Nc2nc(NC3CC3)cc(-c3ccccc3)n2)c(F)c1F. The highest BCUT2D eigenvalue weighted by molar-refractivity contribution is 5.66. The number of aromatic nitrogens is 2. The molecule has 0 radical (unpaired) electrons. The smallest absolute Gasteiger partial charge is 0.229 e. The van der Waals surface area contributed by atoms with Gasteiger partial charge in [0, 0.05) is 17.7 Å². The van der Waals surface area contributed by atoms with Crippen molar-refractivity contribution in [3.05, 3.63) is 66.0 Å². The molecule has 4 rings (SSSR count). The number of hydrogen-bond acceptors (Lipinski definition) is 4. The molecule has 1 aliphatic carbocycles. The van der Waals surface area contributed by atoms with Crippen LogP contribution in [0.5, 0.6) is 0 Å². The second-order valence-electron chi connectivity index (χ2n) is 6.09. The minimum absolute atomic E-state index is 0.0967. The summed E-state index contributed by atoms with van der Waals surface area (Å²) in [5.41, 5.74) is 1.27. The summed E-state index contributed by atoms with van der Waals surface area (Å²) in [6, 6.07) is 13.6. The van der Waals surface area contributed by atoms with Gasteiger partial charge in [-0.05, 0) is 25.0 Å². The van der Waals surface area contributed by atoms with Crippen molar-refractivity contribution in [1.29, 1.82) is 0 Å². The number of rotatable bonds is 5. The van der Waals surface area contributed by atoms with E-state index < -0.39 is 17.5 Å². The van der Waals surface area contributed by atoms with Gasteiger partial charge in [0.15, 0.2) is 17.5 Å². The van der Waals surface area contributed by atoms with Crippen molar-refractivity contribution >= 4 is 17.5 Å². The van der Waals surface area contributed by atoms with Gasteiger partial charge in [-0.2, -0.15) is 4.98 Å². The third kappa shape index (κ3) is 3.46.